The standard InChI is InChI=1S/C8H10N2/c1-3-7-4-5-10-6-8(7)9-2/h3-6H,1-2H3/b7-3-,9-8?. The van der Waals surface area contributed by atoms with E-state index >= 15 is 0 Å². The maximum atomic E-state index is 4.05. The molecular formula is C8H10N2. The van der Waals surface area contributed by atoms with E-state index in [0.717, 1.165) is 11.3 Å². The van der Waals surface area contributed by atoms with E-state index in [-0.39, 0.29) is 0 Å². The SMILES string of the molecule is C/C=C1/C=CN=CC1=NC. The van der Waals surface area contributed by atoms with Crippen LogP contribution in [0.5, 0.6) is 0 Å². The van der Waals surface area contributed by atoms with Crippen LogP contribution in [0.15, 0.2) is 33.9 Å². The first-order valence-electron chi connectivity index (χ1n) is 3.21. The van der Waals surface area contributed by atoms with E-state index in [2.05, 4.69) is 9.98 Å². The molecular weight excluding hydrogens is 124 g/mol. The number of nitrogens with zero attached hydrogens (tertiary/aromatic N) is 2. The lowest BCUT2D eigenvalue weighted by Crippen LogP contribution is -2.04. The quantitative estimate of drug-likeness (QED) is 0.480. The molecule has 0 bridgehead atoms. The van der Waals surface area contributed by atoms with E-state index < -0.39 is 0 Å². The third kappa shape index (κ3) is 1.21. The molecule has 52 valence electrons. The van der Waals surface area contributed by atoms with Crippen LogP contribution in [-0.4, -0.2) is 19.0 Å². The molecule has 0 saturated heterocycles. The summed E-state index contributed by atoms with van der Waals surface area (Å²) in [6.45, 7) is 1.99. The van der Waals surface area contributed by atoms with Crippen molar-refractivity contribution in [3.63, 3.8) is 0 Å². The molecule has 0 aromatic heterocycles. The summed E-state index contributed by atoms with van der Waals surface area (Å²) in [7, 11) is 1.77. The smallest absolute Gasteiger partial charge is 0.0823 e. The normalized spacial score (nSPS) is 24.6. The van der Waals surface area contributed by atoms with Gasteiger partial charge in [0.05, 0.1) is 11.9 Å². The van der Waals surface area contributed by atoms with Crippen molar-refractivity contribution in [3.05, 3.63) is 23.9 Å². The van der Waals surface area contributed by atoms with Crippen LogP contribution in [0.2, 0.25) is 0 Å². The second-order valence-corrected chi connectivity index (χ2v) is 1.95. The molecule has 0 aromatic rings. The summed E-state index contributed by atoms with van der Waals surface area (Å²) in [4.78, 5) is 8.00. The summed E-state index contributed by atoms with van der Waals surface area (Å²) in [5, 5.41) is 0. The summed E-state index contributed by atoms with van der Waals surface area (Å²) in [6.07, 6.45) is 7.49. The number of rotatable bonds is 0. The van der Waals surface area contributed by atoms with Gasteiger partial charge in [-0.1, -0.05) is 6.08 Å². The van der Waals surface area contributed by atoms with E-state index in [4.69, 9.17) is 0 Å². The van der Waals surface area contributed by atoms with Crippen LogP contribution in [-0.2, 0) is 0 Å². The Kier molecular flexibility index (Phi) is 2.15. The van der Waals surface area contributed by atoms with Crippen LogP contribution in [0.1, 0.15) is 6.92 Å². The Hall–Kier alpha value is -1.18. The van der Waals surface area contributed by atoms with Gasteiger partial charge in [-0.25, -0.2) is 0 Å². The fourth-order valence-corrected chi connectivity index (χ4v) is 0.828. The predicted octanol–water partition coefficient (Wildman–Crippen LogP) is 1.60. The zero-order valence-electron chi connectivity index (χ0n) is 6.20. The minimum atomic E-state index is 0.949. The lowest BCUT2D eigenvalue weighted by atomic mass is 10.1. The molecule has 2 heteroatoms. The molecule has 0 saturated carbocycles. The van der Waals surface area contributed by atoms with Gasteiger partial charge in [0.1, 0.15) is 0 Å². The molecule has 2 nitrogen and oxygen atoms in total. The zero-order valence-corrected chi connectivity index (χ0v) is 6.20. The molecule has 0 radical (unpaired) electrons. The molecule has 1 aliphatic heterocycles. The first-order chi connectivity index (χ1) is 4.88. The van der Waals surface area contributed by atoms with Gasteiger partial charge in [-0.05, 0) is 18.6 Å². The van der Waals surface area contributed by atoms with Crippen molar-refractivity contribution < 1.29 is 0 Å². The van der Waals surface area contributed by atoms with Crippen molar-refractivity contribution in [1.29, 1.82) is 0 Å². The zero-order chi connectivity index (χ0) is 7.40. The van der Waals surface area contributed by atoms with Crippen LogP contribution < -0.4 is 0 Å². The van der Waals surface area contributed by atoms with Crippen molar-refractivity contribution in [2.45, 2.75) is 6.92 Å². The number of hydrogen-bond acceptors (Lipinski definition) is 2. The third-order valence-corrected chi connectivity index (χ3v) is 1.38. The molecule has 1 aliphatic rings. The average Bonchev–Trinajstić information content (AvgIpc) is 2.04. The maximum Gasteiger partial charge on any atom is 0.0823 e. The van der Waals surface area contributed by atoms with E-state index in [9.17, 15) is 0 Å². The van der Waals surface area contributed by atoms with Crippen molar-refractivity contribution in [3.8, 4) is 0 Å². The Balaban J connectivity index is 2.96. The summed E-state index contributed by atoms with van der Waals surface area (Å²) >= 11 is 0. The third-order valence-electron chi connectivity index (χ3n) is 1.38. The molecule has 0 amide bonds. The van der Waals surface area contributed by atoms with Crippen molar-refractivity contribution in [2.24, 2.45) is 9.98 Å². The van der Waals surface area contributed by atoms with Crippen LogP contribution in [0.4, 0.5) is 0 Å². The van der Waals surface area contributed by atoms with Gasteiger partial charge in [-0.15, -0.1) is 0 Å². The molecule has 0 N–H and O–H groups in total. The van der Waals surface area contributed by atoms with Crippen LogP contribution in [0.25, 0.3) is 0 Å². The minimum absolute atomic E-state index is 0.949. The summed E-state index contributed by atoms with van der Waals surface area (Å²) in [5.41, 5.74) is 2.09. The predicted molar refractivity (Wildman–Crippen MR) is 44.7 cm³/mol. The molecule has 0 spiro atoms. The highest BCUT2D eigenvalue weighted by molar-refractivity contribution is 6.39. The first-order valence-corrected chi connectivity index (χ1v) is 3.21. The van der Waals surface area contributed by atoms with Crippen LogP contribution in [0, 0.1) is 0 Å². The highest BCUT2D eigenvalue weighted by atomic mass is 14.8. The van der Waals surface area contributed by atoms with E-state index in [1.807, 2.05) is 19.1 Å². The van der Waals surface area contributed by atoms with Crippen LogP contribution in [0.3, 0.4) is 0 Å². The molecule has 10 heavy (non-hydrogen) atoms. The average molecular weight is 134 g/mol. The molecule has 0 aliphatic carbocycles. The van der Waals surface area contributed by atoms with Gasteiger partial charge in [0.15, 0.2) is 0 Å². The lowest BCUT2D eigenvalue weighted by Gasteiger charge is -2.02. The van der Waals surface area contributed by atoms with E-state index in [1.165, 1.54) is 0 Å². The van der Waals surface area contributed by atoms with Gasteiger partial charge in [0.2, 0.25) is 0 Å². The number of hydrogen-bond donors (Lipinski definition) is 0. The lowest BCUT2D eigenvalue weighted by molar-refractivity contribution is 1.42. The Labute approximate surface area is 60.7 Å². The Bertz CT molecular complexity index is 206. The monoisotopic (exact) mass is 134 g/mol. The molecule has 0 atom stereocenters. The number of allylic oxidation sites excluding steroid dienone is 3. The summed E-state index contributed by atoms with van der Waals surface area (Å²) in [6, 6.07) is 0. The Morgan fingerprint density at radius 3 is 2.90 bits per heavy atom. The first kappa shape index (κ1) is 6.93. The Morgan fingerprint density at radius 1 is 1.60 bits per heavy atom. The van der Waals surface area contributed by atoms with Crippen molar-refractivity contribution in [2.75, 3.05) is 7.05 Å². The van der Waals surface area contributed by atoms with E-state index in [1.54, 1.807) is 19.5 Å². The summed E-state index contributed by atoms with van der Waals surface area (Å²) in [5.74, 6) is 0. The second-order valence-electron chi connectivity index (χ2n) is 1.95. The second kappa shape index (κ2) is 3.11. The van der Waals surface area contributed by atoms with Gasteiger partial charge in [0.25, 0.3) is 0 Å². The van der Waals surface area contributed by atoms with Gasteiger partial charge >= 0.3 is 0 Å². The van der Waals surface area contributed by atoms with E-state index in [0.29, 0.717) is 0 Å². The summed E-state index contributed by atoms with van der Waals surface area (Å²) < 4.78 is 0. The fourth-order valence-electron chi connectivity index (χ4n) is 0.828. The van der Waals surface area contributed by atoms with Gasteiger partial charge < -0.3 is 0 Å². The molecule has 0 fully saturated rings. The van der Waals surface area contributed by atoms with Crippen molar-refractivity contribution in [1.82, 2.24) is 0 Å². The van der Waals surface area contributed by atoms with Crippen molar-refractivity contribution >= 4 is 11.9 Å². The van der Waals surface area contributed by atoms with Gasteiger partial charge in [-0.3, -0.25) is 9.98 Å². The molecule has 0 aromatic carbocycles. The van der Waals surface area contributed by atoms with Crippen LogP contribution >= 0.6 is 0 Å². The molecule has 1 rings (SSSR count). The topological polar surface area (TPSA) is 24.7 Å². The molecule has 0 unspecified atom stereocenters. The number of aliphatic imine (C=N–C) groups is 2. The minimum Gasteiger partial charge on any atom is -0.286 e. The largest absolute Gasteiger partial charge is 0.286 e. The highest BCUT2D eigenvalue weighted by Gasteiger charge is 2.00. The fraction of sp³-hybridized carbons (Fsp3) is 0.250. The van der Waals surface area contributed by atoms with Gasteiger partial charge in [0, 0.05) is 13.2 Å². The maximum absolute atomic E-state index is 4.05. The Morgan fingerprint density at radius 2 is 2.40 bits per heavy atom. The van der Waals surface area contributed by atoms with Gasteiger partial charge in [-0.2, -0.15) is 0 Å². The highest BCUT2D eigenvalue weighted by Crippen LogP contribution is 2.03. The molecule has 1 heterocycles.